The van der Waals surface area contributed by atoms with Crippen molar-refractivity contribution in [3.8, 4) is 0 Å². The summed E-state index contributed by atoms with van der Waals surface area (Å²) >= 11 is -1.62. The van der Waals surface area contributed by atoms with Crippen molar-refractivity contribution in [2.75, 3.05) is 6.61 Å². The molecule has 0 radical (unpaired) electrons. The van der Waals surface area contributed by atoms with Gasteiger partial charge in [0, 0.05) is 0 Å². The van der Waals surface area contributed by atoms with Crippen LogP contribution in [0.1, 0.15) is 6.42 Å². The Kier molecular flexibility index (Phi) is 4.58. The normalized spacial score (nSPS) is 12.9. The summed E-state index contributed by atoms with van der Waals surface area (Å²) < 4.78 is 2.32. The number of aliphatic hydroxyl groups is 1. The second kappa shape index (κ2) is 4.34. The van der Waals surface area contributed by atoms with Crippen LogP contribution in [-0.4, -0.2) is 30.1 Å². The van der Waals surface area contributed by atoms with Gasteiger partial charge >= 0.3 is 61.5 Å². The van der Waals surface area contributed by atoms with Crippen LogP contribution < -0.4 is 0 Å². The summed E-state index contributed by atoms with van der Waals surface area (Å²) in [6, 6.07) is 0. The van der Waals surface area contributed by atoms with Crippen molar-refractivity contribution >= 4 is 18.4 Å². The molecule has 1 N–H and O–H groups in total. The zero-order chi connectivity index (χ0) is 7.33. The first kappa shape index (κ1) is 9.50. The molecule has 0 saturated heterocycles. The Morgan fingerprint density at radius 3 is 2.22 bits per heavy atom. The summed E-state index contributed by atoms with van der Waals surface area (Å²) in [4.78, 5) is 7.05. The van der Waals surface area contributed by atoms with Crippen LogP contribution in [0.15, 0.2) is 10.2 Å². The van der Waals surface area contributed by atoms with Crippen molar-refractivity contribution in [1.82, 2.24) is 0 Å². The van der Waals surface area contributed by atoms with Crippen LogP contribution in [0.2, 0.25) is 14.8 Å². The van der Waals surface area contributed by atoms with Gasteiger partial charge in [0.2, 0.25) is 0 Å². The van der Waals surface area contributed by atoms with Crippen LogP contribution in [0.4, 0.5) is 0 Å². The van der Waals surface area contributed by atoms with Crippen molar-refractivity contribution in [3.05, 3.63) is 10.2 Å². The first-order chi connectivity index (χ1) is 4.06. The summed E-state index contributed by atoms with van der Waals surface area (Å²) in [6.07, 6.45) is 2.93. The number of hydrogen-bond donors (Lipinski definition) is 1. The molecule has 0 fully saturated rings. The van der Waals surface area contributed by atoms with Crippen molar-refractivity contribution in [3.63, 3.8) is 0 Å². The topological polar surface area (TPSA) is 20.2 Å². The Labute approximate surface area is 61.7 Å². The predicted molar refractivity (Wildman–Crippen MR) is 44.2 cm³/mol. The van der Waals surface area contributed by atoms with E-state index in [1.807, 2.05) is 0 Å². The fraction of sp³-hybridized carbons (Fsp3) is 0.714. The quantitative estimate of drug-likeness (QED) is 0.739. The SMILES string of the molecule is [CH3][Sn]([CH3])([CH3])/[CH]=C/CCO. The van der Waals surface area contributed by atoms with Gasteiger partial charge in [-0.1, -0.05) is 0 Å². The fourth-order valence-corrected chi connectivity index (χ4v) is 3.01. The van der Waals surface area contributed by atoms with Gasteiger partial charge < -0.3 is 0 Å². The van der Waals surface area contributed by atoms with Gasteiger partial charge in [-0.3, -0.25) is 0 Å². The molecule has 0 aliphatic heterocycles. The first-order valence-electron chi connectivity index (χ1n) is 3.35. The molecule has 0 saturated carbocycles. The van der Waals surface area contributed by atoms with Crippen LogP contribution in [-0.2, 0) is 0 Å². The Morgan fingerprint density at radius 1 is 1.33 bits per heavy atom. The minimum absolute atomic E-state index is 0.290. The van der Waals surface area contributed by atoms with Gasteiger partial charge in [-0.25, -0.2) is 0 Å². The van der Waals surface area contributed by atoms with Crippen LogP contribution in [0, 0.1) is 0 Å². The van der Waals surface area contributed by atoms with E-state index in [-0.39, 0.29) is 0 Å². The molecule has 0 unspecified atom stereocenters. The van der Waals surface area contributed by atoms with Crippen LogP contribution >= 0.6 is 0 Å². The van der Waals surface area contributed by atoms with Crippen molar-refractivity contribution in [2.45, 2.75) is 21.2 Å². The Bertz CT molecular complexity index is 91.6. The average Bonchev–Trinajstić information content (AvgIpc) is 1.63. The van der Waals surface area contributed by atoms with Gasteiger partial charge in [-0.05, 0) is 0 Å². The second-order valence-corrected chi connectivity index (χ2v) is 17.7. The molecule has 0 aromatic rings. The van der Waals surface area contributed by atoms with Crippen molar-refractivity contribution < 1.29 is 5.11 Å². The van der Waals surface area contributed by atoms with E-state index in [1.165, 1.54) is 0 Å². The molecular weight excluding hydrogens is 219 g/mol. The minimum atomic E-state index is -1.62. The summed E-state index contributed by atoms with van der Waals surface area (Å²) in [5.74, 6) is 0. The van der Waals surface area contributed by atoms with Gasteiger partial charge in [0.15, 0.2) is 0 Å². The summed E-state index contributed by atoms with van der Waals surface area (Å²) in [7, 11) is 0. The Hall–Kier alpha value is 0.499. The average molecular weight is 235 g/mol. The molecule has 1 nitrogen and oxygen atoms in total. The summed E-state index contributed by atoms with van der Waals surface area (Å²) in [5, 5.41) is 8.44. The van der Waals surface area contributed by atoms with Crippen LogP contribution in [0.25, 0.3) is 0 Å². The van der Waals surface area contributed by atoms with Gasteiger partial charge in [0.05, 0.1) is 0 Å². The van der Waals surface area contributed by atoms with Gasteiger partial charge in [0.25, 0.3) is 0 Å². The third-order valence-corrected chi connectivity index (χ3v) is 4.44. The molecule has 0 aliphatic carbocycles. The molecule has 2 heteroatoms. The molecule has 0 rings (SSSR count). The van der Waals surface area contributed by atoms with Crippen molar-refractivity contribution in [2.24, 2.45) is 0 Å². The van der Waals surface area contributed by atoms with Gasteiger partial charge in [-0.15, -0.1) is 0 Å². The third kappa shape index (κ3) is 8.50. The Balaban J connectivity index is 3.45. The molecule has 0 aromatic carbocycles. The van der Waals surface area contributed by atoms with Crippen molar-refractivity contribution in [1.29, 1.82) is 0 Å². The van der Waals surface area contributed by atoms with E-state index in [0.717, 1.165) is 6.42 Å². The zero-order valence-electron chi connectivity index (χ0n) is 6.52. The molecule has 0 aliphatic rings. The first-order valence-corrected chi connectivity index (χ1v) is 13.6. The molecule has 0 spiro atoms. The standard InChI is InChI=1S/C4H7O.3CH3.Sn/c1-2-3-4-5;;;;/h1-2,5H,3-4H2;3*1H3;. The van der Waals surface area contributed by atoms with E-state index >= 15 is 0 Å². The van der Waals surface area contributed by atoms with Crippen LogP contribution in [0.3, 0.4) is 0 Å². The molecule has 0 heterocycles. The monoisotopic (exact) mass is 236 g/mol. The molecule has 0 atom stereocenters. The van der Waals surface area contributed by atoms with E-state index in [9.17, 15) is 0 Å². The molecule has 0 amide bonds. The number of hydrogen-bond acceptors (Lipinski definition) is 1. The van der Waals surface area contributed by atoms with E-state index in [1.54, 1.807) is 0 Å². The van der Waals surface area contributed by atoms with E-state index < -0.39 is 18.4 Å². The zero-order valence-corrected chi connectivity index (χ0v) is 9.37. The molecule has 54 valence electrons. The third-order valence-electron chi connectivity index (χ3n) is 0.914. The Morgan fingerprint density at radius 2 is 1.89 bits per heavy atom. The predicted octanol–water partition coefficient (Wildman–Crippen LogP) is 1.80. The van der Waals surface area contributed by atoms with E-state index in [4.69, 9.17) is 5.11 Å². The molecule has 0 aromatic heterocycles. The van der Waals surface area contributed by atoms with E-state index in [2.05, 4.69) is 25.0 Å². The molecule has 9 heavy (non-hydrogen) atoms. The van der Waals surface area contributed by atoms with Crippen LogP contribution in [0.5, 0.6) is 0 Å². The second-order valence-electron chi connectivity index (χ2n) is 3.28. The number of aliphatic hydroxyl groups excluding tert-OH is 1. The maximum atomic E-state index is 8.44. The van der Waals surface area contributed by atoms with Gasteiger partial charge in [-0.2, -0.15) is 0 Å². The summed E-state index contributed by atoms with van der Waals surface area (Å²) in [5.41, 5.74) is 0. The fourth-order valence-electron chi connectivity index (χ4n) is 0.511. The maximum absolute atomic E-state index is 8.44. The number of rotatable bonds is 3. The summed E-state index contributed by atoms with van der Waals surface area (Å²) in [6.45, 7) is 0.290. The van der Waals surface area contributed by atoms with E-state index in [0.29, 0.717) is 6.61 Å². The molecule has 0 bridgehead atoms. The molecular formula is C7H16OSn. The van der Waals surface area contributed by atoms with Gasteiger partial charge in [0.1, 0.15) is 0 Å².